The number of nitrogens with one attached hydrogen (secondary N) is 1. The Labute approximate surface area is 140 Å². The minimum Gasteiger partial charge on any atom is -0.491 e. The van der Waals surface area contributed by atoms with Crippen LogP contribution in [-0.2, 0) is 0 Å². The molecule has 0 aliphatic rings. The molecule has 0 aliphatic carbocycles. The lowest BCUT2D eigenvalue weighted by Gasteiger charge is -2.12. The van der Waals surface area contributed by atoms with E-state index in [4.69, 9.17) is 9.26 Å². The van der Waals surface area contributed by atoms with Gasteiger partial charge in [-0.05, 0) is 41.9 Å². The molecule has 1 atom stereocenters. The highest BCUT2D eigenvalue weighted by atomic mass is 16.5. The third-order valence-corrected chi connectivity index (χ3v) is 3.37. The van der Waals surface area contributed by atoms with Gasteiger partial charge in [0.15, 0.2) is 0 Å². The minimum atomic E-state index is -0.691. The number of aliphatic hydroxyl groups excluding tert-OH is 1. The van der Waals surface area contributed by atoms with Crippen LogP contribution in [0, 0.1) is 6.92 Å². The zero-order chi connectivity index (χ0) is 16.8. The first kappa shape index (κ1) is 16.0. The molecule has 1 aromatic heterocycles. The molecule has 0 radical (unpaired) electrons. The highest BCUT2D eigenvalue weighted by Crippen LogP contribution is 2.17. The van der Waals surface area contributed by atoms with Crippen molar-refractivity contribution in [1.82, 2.24) is 10.1 Å². The molecular formula is C18H19N3O3. The van der Waals surface area contributed by atoms with Crippen LogP contribution in [0.3, 0.4) is 0 Å². The van der Waals surface area contributed by atoms with Crippen molar-refractivity contribution in [2.45, 2.75) is 13.0 Å². The van der Waals surface area contributed by atoms with Gasteiger partial charge < -0.3 is 19.7 Å². The number of hydrogen-bond donors (Lipinski definition) is 2. The Morgan fingerprint density at radius 3 is 2.79 bits per heavy atom. The number of benzene rings is 2. The van der Waals surface area contributed by atoms with Crippen LogP contribution in [0.4, 0.5) is 5.95 Å². The first-order chi connectivity index (χ1) is 11.7. The fourth-order valence-electron chi connectivity index (χ4n) is 2.16. The van der Waals surface area contributed by atoms with Crippen LogP contribution in [0.15, 0.2) is 59.1 Å². The lowest BCUT2D eigenvalue weighted by Crippen LogP contribution is -2.26. The summed E-state index contributed by atoms with van der Waals surface area (Å²) in [6.07, 6.45) is -0.691. The first-order valence-electron chi connectivity index (χ1n) is 7.71. The van der Waals surface area contributed by atoms with Gasteiger partial charge in [-0.3, -0.25) is 0 Å². The molecular weight excluding hydrogens is 306 g/mol. The average Bonchev–Trinajstić information content (AvgIpc) is 3.08. The van der Waals surface area contributed by atoms with E-state index in [0.29, 0.717) is 11.8 Å². The monoisotopic (exact) mass is 325 g/mol. The third kappa shape index (κ3) is 4.33. The Bertz CT molecular complexity index is 774. The van der Waals surface area contributed by atoms with E-state index < -0.39 is 6.10 Å². The molecule has 1 unspecified atom stereocenters. The van der Waals surface area contributed by atoms with Gasteiger partial charge in [-0.2, -0.15) is 4.98 Å². The van der Waals surface area contributed by atoms with Crippen molar-refractivity contribution in [3.05, 3.63) is 60.2 Å². The molecule has 0 spiro atoms. The van der Waals surface area contributed by atoms with Crippen LogP contribution >= 0.6 is 0 Å². The second kappa shape index (κ2) is 7.61. The molecule has 0 saturated carbocycles. The van der Waals surface area contributed by atoms with Crippen molar-refractivity contribution in [2.24, 2.45) is 0 Å². The van der Waals surface area contributed by atoms with Crippen molar-refractivity contribution in [3.63, 3.8) is 0 Å². The lowest BCUT2D eigenvalue weighted by atomic mass is 10.2. The lowest BCUT2D eigenvalue weighted by molar-refractivity contribution is 0.117. The quantitative estimate of drug-likeness (QED) is 0.695. The molecule has 124 valence electrons. The highest BCUT2D eigenvalue weighted by Gasteiger charge is 2.10. The van der Waals surface area contributed by atoms with E-state index in [9.17, 15) is 5.11 Å². The van der Waals surface area contributed by atoms with Crippen molar-refractivity contribution in [2.75, 3.05) is 18.5 Å². The number of anilines is 1. The molecule has 0 saturated heterocycles. The molecule has 24 heavy (non-hydrogen) atoms. The average molecular weight is 325 g/mol. The Balaban J connectivity index is 1.48. The number of hydrogen-bond acceptors (Lipinski definition) is 6. The topological polar surface area (TPSA) is 80.4 Å². The van der Waals surface area contributed by atoms with E-state index in [1.807, 2.05) is 61.5 Å². The van der Waals surface area contributed by atoms with Gasteiger partial charge in [-0.25, -0.2) is 0 Å². The van der Waals surface area contributed by atoms with Crippen LogP contribution in [0.25, 0.3) is 11.5 Å². The molecule has 0 bridgehead atoms. The Morgan fingerprint density at radius 2 is 2.00 bits per heavy atom. The largest absolute Gasteiger partial charge is 0.491 e. The normalized spacial score (nSPS) is 11.9. The first-order valence-corrected chi connectivity index (χ1v) is 7.71. The molecule has 1 heterocycles. The summed E-state index contributed by atoms with van der Waals surface area (Å²) in [4.78, 5) is 4.24. The number of aromatic nitrogens is 2. The third-order valence-electron chi connectivity index (χ3n) is 3.37. The second-order valence-corrected chi connectivity index (χ2v) is 5.45. The number of rotatable bonds is 7. The van der Waals surface area contributed by atoms with Crippen molar-refractivity contribution in [1.29, 1.82) is 0 Å². The Morgan fingerprint density at radius 1 is 1.17 bits per heavy atom. The highest BCUT2D eigenvalue weighted by molar-refractivity contribution is 5.53. The van der Waals surface area contributed by atoms with E-state index in [2.05, 4.69) is 15.5 Å². The van der Waals surface area contributed by atoms with Crippen LogP contribution in [0.5, 0.6) is 5.75 Å². The summed E-state index contributed by atoms with van der Waals surface area (Å²) in [5, 5.41) is 16.8. The van der Waals surface area contributed by atoms with Gasteiger partial charge in [0.1, 0.15) is 18.5 Å². The molecule has 3 aromatic rings. The maximum Gasteiger partial charge on any atom is 0.263 e. The van der Waals surface area contributed by atoms with E-state index in [1.165, 1.54) is 0 Å². The zero-order valence-electron chi connectivity index (χ0n) is 13.3. The summed E-state index contributed by atoms with van der Waals surface area (Å²) in [7, 11) is 0. The second-order valence-electron chi connectivity index (χ2n) is 5.45. The SMILES string of the molecule is Cc1cccc(OCC(O)CNc2noc(-c3ccccc3)n2)c1. The van der Waals surface area contributed by atoms with E-state index in [0.717, 1.165) is 16.9 Å². The van der Waals surface area contributed by atoms with Crippen LogP contribution in [0.2, 0.25) is 0 Å². The Hall–Kier alpha value is -2.86. The van der Waals surface area contributed by atoms with E-state index in [-0.39, 0.29) is 13.2 Å². The predicted molar refractivity (Wildman–Crippen MR) is 90.9 cm³/mol. The maximum absolute atomic E-state index is 9.99. The van der Waals surface area contributed by atoms with Crippen LogP contribution in [-0.4, -0.2) is 34.5 Å². The van der Waals surface area contributed by atoms with Crippen molar-refractivity contribution in [3.8, 4) is 17.2 Å². The minimum absolute atomic E-state index is 0.180. The van der Waals surface area contributed by atoms with Gasteiger partial charge >= 0.3 is 0 Å². The summed E-state index contributed by atoms with van der Waals surface area (Å²) in [6, 6.07) is 17.2. The standard InChI is InChI=1S/C18H19N3O3/c1-13-6-5-9-16(10-13)23-12-15(22)11-19-18-20-17(24-21-18)14-7-3-2-4-8-14/h2-10,15,22H,11-12H2,1H3,(H,19,21). The predicted octanol–water partition coefficient (Wildman–Crippen LogP) is 2.90. The van der Waals surface area contributed by atoms with E-state index in [1.54, 1.807) is 0 Å². The maximum atomic E-state index is 9.99. The number of aryl methyl sites for hydroxylation is 1. The molecule has 6 nitrogen and oxygen atoms in total. The molecule has 0 fully saturated rings. The van der Waals surface area contributed by atoms with Gasteiger partial charge in [0, 0.05) is 12.1 Å². The molecule has 3 rings (SSSR count). The van der Waals surface area contributed by atoms with Crippen molar-refractivity contribution < 1.29 is 14.4 Å². The molecule has 0 amide bonds. The fourth-order valence-corrected chi connectivity index (χ4v) is 2.16. The molecule has 2 aromatic carbocycles. The zero-order valence-corrected chi connectivity index (χ0v) is 13.3. The fraction of sp³-hybridized carbons (Fsp3) is 0.222. The van der Waals surface area contributed by atoms with Crippen LogP contribution in [0.1, 0.15) is 5.56 Å². The van der Waals surface area contributed by atoms with Gasteiger partial charge in [-0.15, -0.1) is 0 Å². The van der Waals surface area contributed by atoms with E-state index >= 15 is 0 Å². The van der Waals surface area contributed by atoms with Gasteiger partial charge in [0.05, 0.1) is 0 Å². The summed E-state index contributed by atoms with van der Waals surface area (Å²) in [5.41, 5.74) is 1.96. The number of ether oxygens (including phenoxy) is 1. The Kier molecular flexibility index (Phi) is 5.08. The van der Waals surface area contributed by atoms with Gasteiger partial charge in [-0.1, -0.05) is 30.3 Å². The molecule has 2 N–H and O–H groups in total. The number of nitrogens with zero attached hydrogens (tertiary/aromatic N) is 2. The van der Waals surface area contributed by atoms with Crippen molar-refractivity contribution >= 4 is 5.95 Å². The summed E-state index contributed by atoms with van der Waals surface area (Å²) in [6.45, 7) is 2.44. The summed E-state index contributed by atoms with van der Waals surface area (Å²) < 4.78 is 10.7. The summed E-state index contributed by atoms with van der Waals surface area (Å²) in [5.74, 6) is 1.51. The summed E-state index contributed by atoms with van der Waals surface area (Å²) >= 11 is 0. The van der Waals surface area contributed by atoms with Gasteiger partial charge in [0.25, 0.3) is 11.8 Å². The van der Waals surface area contributed by atoms with Crippen LogP contribution < -0.4 is 10.1 Å². The number of aliphatic hydroxyl groups is 1. The smallest absolute Gasteiger partial charge is 0.263 e. The van der Waals surface area contributed by atoms with Gasteiger partial charge in [0.2, 0.25) is 0 Å². The molecule has 0 aliphatic heterocycles. The molecule has 6 heteroatoms.